The molecule has 1 aromatic heterocycles. The van der Waals surface area contributed by atoms with E-state index in [9.17, 15) is 9.59 Å². The normalized spacial score (nSPS) is 19.1. The fourth-order valence-corrected chi connectivity index (χ4v) is 4.53. The molecule has 0 saturated carbocycles. The molecule has 1 atom stereocenters. The Balaban J connectivity index is 1.89. The first-order valence-corrected chi connectivity index (χ1v) is 11.7. The highest BCUT2D eigenvalue weighted by Gasteiger charge is 2.44. The van der Waals surface area contributed by atoms with Crippen LogP contribution in [0.2, 0.25) is 0 Å². The molecule has 5 heteroatoms. The van der Waals surface area contributed by atoms with E-state index in [0.717, 1.165) is 36.1 Å². The number of benzene rings is 1. The van der Waals surface area contributed by atoms with Gasteiger partial charge in [0.05, 0.1) is 5.41 Å². The SMILES string of the molecule is CC(C)NC(=O)[C@]1(Cc2cccc(-c3ccncc3)c2)CCCN(C(=O)CC(C)(C)C)C1. The lowest BCUT2D eigenvalue weighted by Crippen LogP contribution is -2.55. The van der Waals surface area contributed by atoms with Crippen LogP contribution in [-0.2, 0) is 16.0 Å². The summed E-state index contributed by atoms with van der Waals surface area (Å²) in [4.78, 5) is 32.5. The van der Waals surface area contributed by atoms with Gasteiger partial charge in [-0.05, 0) is 67.3 Å². The highest BCUT2D eigenvalue weighted by atomic mass is 16.2. The van der Waals surface area contributed by atoms with Gasteiger partial charge >= 0.3 is 0 Å². The number of likely N-dealkylation sites (tertiary alicyclic amines) is 1. The van der Waals surface area contributed by atoms with Gasteiger partial charge < -0.3 is 10.2 Å². The number of nitrogens with zero attached hydrogens (tertiary/aromatic N) is 2. The van der Waals surface area contributed by atoms with Gasteiger partial charge in [-0.1, -0.05) is 45.0 Å². The fourth-order valence-electron chi connectivity index (χ4n) is 4.53. The Morgan fingerprint density at radius 2 is 1.84 bits per heavy atom. The molecule has 5 nitrogen and oxygen atoms in total. The minimum Gasteiger partial charge on any atom is -0.353 e. The van der Waals surface area contributed by atoms with Gasteiger partial charge in [0.25, 0.3) is 0 Å². The summed E-state index contributed by atoms with van der Waals surface area (Å²) < 4.78 is 0. The molecule has 1 aromatic carbocycles. The van der Waals surface area contributed by atoms with Gasteiger partial charge in [-0.15, -0.1) is 0 Å². The van der Waals surface area contributed by atoms with Crippen LogP contribution < -0.4 is 5.32 Å². The average Bonchev–Trinajstić information content (AvgIpc) is 2.73. The lowest BCUT2D eigenvalue weighted by atomic mass is 9.73. The summed E-state index contributed by atoms with van der Waals surface area (Å²) >= 11 is 0. The first-order chi connectivity index (χ1) is 15.1. The number of amides is 2. The zero-order valence-corrected chi connectivity index (χ0v) is 20.1. The van der Waals surface area contributed by atoms with Crippen molar-refractivity contribution in [3.05, 3.63) is 54.4 Å². The number of pyridine rings is 1. The van der Waals surface area contributed by atoms with E-state index in [0.29, 0.717) is 19.4 Å². The summed E-state index contributed by atoms with van der Waals surface area (Å²) in [5.41, 5.74) is 2.64. The Morgan fingerprint density at radius 1 is 1.12 bits per heavy atom. The Labute approximate surface area is 192 Å². The van der Waals surface area contributed by atoms with Crippen molar-refractivity contribution < 1.29 is 9.59 Å². The van der Waals surface area contributed by atoms with Gasteiger partial charge in [0.2, 0.25) is 11.8 Å². The van der Waals surface area contributed by atoms with E-state index in [-0.39, 0.29) is 23.3 Å². The summed E-state index contributed by atoms with van der Waals surface area (Å²) in [5, 5.41) is 3.14. The van der Waals surface area contributed by atoms with Crippen molar-refractivity contribution in [3.63, 3.8) is 0 Å². The maximum Gasteiger partial charge on any atom is 0.228 e. The van der Waals surface area contributed by atoms with Crippen molar-refractivity contribution >= 4 is 11.8 Å². The molecule has 2 aromatic rings. The summed E-state index contributed by atoms with van der Waals surface area (Å²) in [6.45, 7) is 11.4. The molecule has 2 amide bonds. The van der Waals surface area contributed by atoms with Crippen LogP contribution in [0, 0.1) is 10.8 Å². The molecule has 0 radical (unpaired) electrons. The third-order valence-electron chi connectivity index (χ3n) is 6.00. The van der Waals surface area contributed by atoms with Gasteiger partial charge in [-0.3, -0.25) is 14.6 Å². The largest absolute Gasteiger partial charge is 0.353 e. The van der Waals surface area contributed by atoms with Crippen LogP contribution >= 0.6 is 0 Å². The topological polar surface area (TPSA) is 62.3 Å². The Kier molecular flexibility index (Phi) is 7.37. The number of carbonyl (C=O) groups is 2. The molecule has 1 N–H and O–H groups in total. The van der Waals surface area contributed by atoms with Crippen LogP contribution in [0.4, 0.5) is 0 Å². The van der Waals surface area contributed by atoms with Gasteiger partial charge in [0, 0.05) is 37.9 Å². The van der Waals surface area contributed by atoms with Gasteiger partial charge in [-0.2, -0.15) is 0 Å². The van der Waals surface area contributed by atoms with E-state index in [1.807, 2.05) is 36.9 Å². The first kappa shape index (κ1) is 24.0. The number of hydrogen-bond donors (Lipinski definition) is 1. The molecule has 1 saturated heterocycles. The predicted octanol–water partition coefficient (Wildman–Crippen LogP) is 4.86. The quantitative estimate of drug-likeness (QED) is 0.705. The zero-order chi connectivity index (χ0) is 23.4. The van der Waals surface area contributed by atoms with Crippen LogP contribution in [0.3, 0.4) is 0 Å². The van der Waals surface area contributed by atoms with Crippen molar-refractivity contribution in [2.75, 3.05) is 13.1 Å². The van der Waals surface area contributed by atoms with Gasteiger partial charge in [-0.25, -0.2) is 0 Å². The minimum absolute atomic E-state index is 0.0510. The molecular weight excluding hydrogens is 398 g/mol. The maximum atomic E-state index is 13.5. The van der Waals surface area contributed by atoms with Gasteiger partial charge in [0.1, 0.15) is 0 Å². The predicted molar refractivity (Wildman–Crippen MR) is 129 cm³/mol. The number of rotatable bonds is 6. The van der Waals surface area contributed by atoms with Crippen LogP contribution in [0.1, 0.15) is 59.4 Å². The van der Waals surface area contributed by atoms with Crippen molar-refractivity contribution in [2.24, 2.45) is 10.8 Å². The van der Waals surface area contributed by atoms with Gasteiger partial charge in [0.15, 0.2) is 0 Å². The lowest BCUT2D eigenvalue weighted by Gasteiger charge is -2.43. The summed E-state index contributed by atoms with van der Waals surface area (Å²) in [6, 6.07) is 12.4. The molecule has 172 valence electrons. The number of nitrogens with one attached hydrogen (secondary N) is 1. The smallest absolute Gasteiger partial charge is 0.228 e. The zero-order valence-electron chi connectivity index (χ0n) is 20.1. The van der Waals surface area contributed by atoms with Crippen LogP contribution in [0.25, 0.3) is 11.1 Å². The van der Waals surface area contributed by atoms with E-state index in [1.165, 1.54) is 0 Å². The van der Waals surface area contributed by atoms with Crippen molar-refractivity contribution in [3.8, 4) is 11.1 Å². The molecule has 3 rings (SSSR count). The van der Waals surface area contributed by atoms with Crippen molar-refractivity contribution in [1.29, 1.82) is 0 Å². The van der Waals surface area contributed by atoms with E-state index in [1.54, 1.807) is 12.4 Å². The Bertz CT molecular complexity index is 933. The third kappa shape index (κ3) is 6.18. The monoisotopic (exact) mass is 435 g/mol. The second-order valence-electron chi connectivity index (χ2n) is 10.7. The molecule has 2 heterocycles. The Hall–Kier alpha value is -2.69. The highest BCUT2D eigenvalue weighted by Crippen LogP contribution is 2.36. The number of aromatic nitrogens is 1. The average molecular weight is 436 g/mol. The third-order valence-corrected chi connectivity index (χ3v) is 6.00. The van der Waals surface area contributed by atoms with E-state index in [2.05, 4.69) is 49.3 Å². The van der Waals surface area contributed by atoms with Crippen LogP contribution in [0.5, 0.6) is 0 Å². The fraction of sp³-hybridized carbons (Fsp3) is 0.519. The molecule has 1 fully saturated rings. The summed E-state index contributed by atoms with van der Waals surface area (Å²) in [5.74, 6) is 0.194. The molecule has 0 bridgehead atoms. The molecule has 0 spiro atoms. The molecular formula is C27H37N3O2. The number of carbonyl (C=O) groups excluding carboxylic acids is 2. The van der Waals surface area contributed by atoms with Crippen LogP contribution in [0.15, 0.2) is 48.8 Å². The number of piperidine rings is 1. The molecule has 1 aliphatic heterocycles. The molecule has 0 aliphatic carbocycles. The first-order valence-electron chi connectivity index (χ1n) is 11.7. The standard InChI is InChI=1S/C27H37N3O2/c1-20(2)29-25(32)27(12-7-15-30(19-27)24(31)18-26(3,4)5)17-21-8-6-9-23(16-21)22-10-13-28-14-11-22/h6,8-11,13-14,16,20H,7,12,15,17-19H2,1-5H3,(H,29,32)/t27-/m0/s1. The van der Waals surface area contributed by atoms with E-state index in [4.69, 9.17) is 0 Å². The van der Waals surface area contributed by atoms with Crippen LogP contribution in [-0.4, -0.2) is 40.8 Å². The van der Waals surface area contributed by atoms with Crippen molar-refractivity contribution in [2.45, 2.75) is 66.3 Å². The van der Waals surface area contributed by atoms with E-state index >= 15 is 0 Å². The number of hydrogen-bond acceptors (Lipinski definition) is 3. The minimum atomic E-state index is -0.618. The van der Waals surface area contributed by atoms with Crippen molar-refractivity contribution in [1.82, 2.24) is 15.2 Å². The molecule has 32 heavy (non-hydrogen) atoms. The highest BCUT2D eigenvalue weighted by molar-refractivity contribution is 5.85. The van der Waals surface area contributed by atoms with E-state index < -0.39 is 5.41 Å². The maximum absolute atomic E-state index is 13.5. The summed E-state index contributed by atoms with van der Waals surface area (Å²) in [6.07, 6.45) is 6.31. The molecule has 1 aliphatic rings. The second kappa shape index (κ2) is 9.85. The lowest BCUT2D eigenvalue weighted by molar-refractivity contribution is -0.143. The Morgan fingerprint density at radius 3 is 2.50 bits per heavy atom. The molecule has 0 unspecified atom stereocenters. The summed E-state index contributed by atoms with van der Waals surface area (Å²) in [7, 11) is 0. The second-order valence-corrected chi connectivity index (χ2v) is 10.7.